The summed E-state index contributed by atoms with van der Waals surface area (Å²) in [5, 5.41) is 0. The molecule has 0 spiro atoms. The Labute approximate surface area is 177 Å². The van der Waals surface area contributed by atoms with E-state index in [0.717, 1.165) is 30.1 Å². The molecule has 164 valence electrons. The summed E-state index contributed by atoms with van der Waals surface area (Å²) in [5.41, 5.74) is 1.24. The van der Waals surface area contributed by atoms with Gasteiger partial charge in [-0.1, -0.05) is 0 Å². The lowest BCUT2D eigenvalue weighted by Gasteiger charge is -2.35. The summed E-state index contributed by atoms with van der Waals surface area (Å²) in [6.45, 7) is 11.0. The van der Waals surface area contributed by atoms with E-state index in [1.54, 1.807) is 19.1 Å². The second-order valence-electron chi connectivity index (χ2n) is 8.34. The lowest BCUT2D eigenvalue weighted by atomic mass is 10.2. The minimum Gasteiger partial charge on any atom is -0.493 e. The quantitative estimate of drug-likeness (QED) is 0.734. The summed E-state index contributed by atoms with van der Waals surface area (Å²) in [4.78, 5) is 21.0. The molecule has 0 bridgehead atoms. The highest BCUT2D eigenvalue weighted by atomic mass is 16.6. The number of methoxy groups -OCH3 is 2. The van der Waals surface area contributed by atoms with E-state index in [4.69, 9.17) is 23.6 Å². The lowest BCUT2D eigenvalue weighted by molar-refractivity contribution is 0.0138. The summed E-state index contributed by atoms with van der Waals surface area (Å²) in [6.07, 6.45) is -0.254. The number of carbonyl (C=O) groups excluding carboxylic acids is 1. The topological polar surface area (TPSA) is 77.3 Å². The Morgan fingerprint density at radius 3 is 2.37 bits per heavy atom. The molecule has 1 aliphatic heterocycles. The second-order valence-corrected chi connectivity index (χ2v) is 8.34. The molecule has 2 aromatic rings. The van der Waals surface area contributed by atoms with Gasteiger partial charge in [0.15, 0.2) is 11.5 Å². The zero-order valence-corrected chi connectivity index (χ0v) is 18.7. The number of piperazine rings is 1. The van der Waals surface area contributed by atoms with Gasteiger partial charge in [-0.3, -0.25) is 4.90 Å². The van der Waals surface area contributed by atoms with E-state index < -0.39 is 5.60 Å². The summed E-state index contributed by atoms with van der Waals surface area (Å²) in [5.74, 6) is 2.63. The molecular weight excluding hydrogens is 386 g/mol. The summed E-state index contributed by atoms with van der Waals surface area (Å²) < 4.78 is 22.0. The van der Waals surface area contributed by atoms with Gasteiger partial charge in [0.1, 0.15) is 11.4 Å². The number of nitrogens with zero attached hydrogens (tertiary/aromatic N) is 3. The van der Waals surface area contributed by atoms with Gasteiger partial charge in [0.05, 0.1) is 19.9 Å². The highest BCUT2D eigenvalue weighted by Gasteiger charge is 2.26. The summed E-state index contributed by atoms with van der Waals surface area (Å²) >= 11 is 0. The molecule has 1 amide bonds. The van der Waals surface area contributed by atoms with Crippen LogP contribution in [0, 0.1) is 6.92 Å². The van der Waals surface area contributed by atoms with Crippen molar-refractivity contribution in [3.8, 4) is 23.0 Å². The number of oxazole rings is 1. The Morgan fingerprint density at radius 2 is 1.77 bits per heavy atom. The maximum Gasteiger partial charge on any atom is 0.410 e. The Kier molecular flexibility index (Phi) is 6.55. The standard InChI is InChI=1S/C22H31N3O5/c1-15-17(14-24-9-11-25(12-10-24)21(26)30-22(2,3)4)23-20(29-15)16-7-8-18(27-5)19(13-16)28-6/h7-8,13H,9-12,14H2,1-6H3. The third-order valence-corrected chi connectivity index (χ3v) is 4.92. The SMILES string of the molecule is COc1ccc(-c2nc(CN3CCN(C(=O)OC(C)(C)C)CC3)c(C)o2)cc1OC. The van der Waals surface area contributed by atoms with Gasteiger partial charge in [0.2, 0.25) is 5.89 Å². The molecule has 8 nitrogen and oxygen atoms in total. The van der Waals surface area contributed by atoms with Crippen LogP contribution < -0.4 is 9.47 Å². The van der Waals surface area contributed by atoms with E-state index in [-0.39, 0.29) is 6.09 Å². The molecule has 1 aromatic heterocycles. The van der Waals surface area contributed by atoms with Gasteiger partial charge in [0, 0.05) is 38.3 Å². The maximum atomic E-state index is 12.2. The zero-order chi connectivity index (χ0) is 21.9. The van der Waals surface area contributed by atoms with Crippen LogP contribution in [0.1, 0.15) is 32.2 Å². The van der Waals surface area contributed by atoms with Crippen molar-refractivity contribution in [1.29, 1.82) is 0 Å². The van der Waals surface area contributed by atoms with E-state index in [9.17, 15) is 4.79 Å². The van der Waals surface area contributed by atoms with Crippen LogP contribution >= 0.6 is 0 Å². The van der Waals surface area contributed by atoms with Gasteiger partial charge in [-0.25, -0.2) is 9.78 Å². The summed E-state index contributed by atoms with van der Waals surface area (Å²) in [7, 11) is 3.21. The van der Waals surface area contributed by atoms with Crippen molar-refractivity contribution in [2.45, 2.75) is 39.8 Å². The van der Waals surface area contributed by atoms with Crippen molar-refractivity contribution in [3.05, 3.63) is 29.7 Å². The number of hydrogen-bond acceptors (Lipinski definition) is 7. The van der Waals surface area contributed by atoms with E-state index in [1.165, 1.54) is 0 Å². The van der Waals surface area contributed by atoms with E-state index >= 15 is 0 Å². The average molecular weight is 418 g/mol. The fourth-order valence-electron chi connectivity index (χ4n) is 3.29. The fraction of sp³-hybridized carbons (Fsp3) is 0.545. The first-order chi connectivity index (χ1) is 14.2. The van der Waals surface area contributed by atoms with Gasteiger partial charge in [0.25, 0.3) is 0 Å². The number of aromatic nitrogens is 1. The number of amides is 1. The molecule has 0 aliphatic carbocycles. The fourth-order valence-corrected chi connectivity index (χ4v) is 3.29. The van der Waals surface area contributed by atoms with Crippen LogP contribution in [0.15, 0.2) is 22.6 Å². The molecule has 0 atom stereocenters. The Balaban J connectivity index is 1.63. The molecule has 1 saturated heterocycles. The zero-order valence-electron chi connectivity index (χ0n) is 18.7. The van der Waals surface area contributed by atoms with Gasteiger partial charge >= 0.3 is 6.09 Å². The van der Waals surface area contributed by atoms with Gasteiger partial charge in [-0.2, -0.15) is 0 Å². The number of hydrogen-bond donors (Lipinski definition) is 0. The average Bonchev–Trinajstić information content (AvgIpc) is 3.07. The van der Waals surface area contributed by atoms with Crippen LogP contribution in [0.25, 0.3) is 11.5 Å². The van der Waals surface area contributed by atoms with Crippen LogP contribution in [0.2, 0.25) is 0 Å². The lowest BCUT2D eigenvalue weighted by Crippen LogP contribution is -2.49. The molecule has 8 heteroatoms. The normalized spacial score (nSPS) is 15.2. The van der Waals surface area contributed by atoms with E-state index in [2.05, 4.69) is 4.90 Å². The first-order valence-electron chi connectivity index (χ1n) is 10.1. The largest absolute Gasteiger partial charge is 0.493 e. The molecule has 0 radical (unpaired) electrons. The molecule has 1 aromatic carbocycles. The Bertz CT molecular complexity index is 879. The molecule has 1 aliphatic rings. The maximum absolute atomic E-state index is 12.2. The van der Waals surface area contributed by atoms with Gasteiger partial charge in [-0.15, -0.1) is 0 Å². The monoisotopic (exact) mass is 417 g/mol. The van der Waals surface area contributed by atoms with Crippen molar-refractivity contribution in [3.63, 3.8) is 0 Å². The Hall–Kier alpha value is -2.74. The number of rotatable bonds is 5. The number of benzene rings is 1. The molecule has 2 heterocycles. The third kappa shape index (κ3) is 5.24. The van der Waals surface area contributed by atoms with Crippen LogP contribution in [-0.2, 0) is 11.3 Å². The smallest absolute Gasteiger partial charge is 0.410 e. The first kappa shape index (κ1) is 22.0. The first-order valence-corrected chi connectivity index (χ1v) is 10.1. The van der Waals surface area contributed by atoms with Crippen LogP contribution in [0.5, 0.6) is 11.5 Å². The number of carbonyl (C=O) groups is 1. The van der Waals surface area contributed by atoms with Crippen molar-refractivity contribution < 1.29 is 23.4 Å². The van der Waals surface area contributed by atoms with Crippen LogP contribution in [0.3, 0.4) is 0 Å². The third-order valence-electron chi connectivity index (χ3n) is 4.92. The molecule has 0 unspecified atom stereocenters. The molecule has 3 rings (SSSR count). The predicted octanol–water partition coefficient (Wildman–Crippen LogP) is 3.72. The second kappa shape index (κ2) is 8.95. The molecule has 0 N–H and O–H groups in total. The molecule has 1 fully saturated rings. The van der Waals surface area contributed by atoms with E-state index in [1.807, 2.05) is 45.9 Å². The number of aryl methyl sites for hydroxylation is 1. The highest BCUT2D eigenvalue weighted by Crippen LogP contribution is 2.32. The van der Waals surface area contributed by atoms with Gasteiger partial charge < -0.3 is 23.5 Å². The van der Waals surface area contributed by atoms with Crippen LogP contribution in [0.4, 0.5) is 4.79 Å². The predicted molar refractivity (Wildman–Crippen MR) is 113 cm³/mol. The molecular formula is C22H31N3O5. The molecule has 0 saturated carbocycles. The number of ether oxygens (including phenoxy) is 3. The van der Waals surface area contributed by atoms with Crippen molar-refractivity contribution >= 4 is 6.09 Å². The minimum atomic E-state index is -0.480. The van der Waals surface area contributed by atoms with E-state index in [0.29, 0.717) is 37.0 Å². The highest BCUT2D eigenvalue weighted by molar-refractivity contribution is 5.68. The summed E-state index contributed by atoms with van der Waals surface area (Å²) in [6, 6.07) is 5.59. The minimum absolute atomic E-state index is 0.254. The van der Waals surface area contributed by atoms with Crippen LogP contribution in [-0.4, -0.2) is 66.9 Å². The molecule has 30 heavy (non-hydrogen) atoms. The van der Waals surface area contributed by atoms with Crippen molar-refractivity contribution in [2.24, 2.45) is 0 Å². The van der Waals surface area contributed by atoms with Crippen molar-refractivity contribution in [2.75, 3.05) is 40.4 Å². The van der Waals surface area contributed by atoms with Crippen molar-refractivity contribution in [1.82, 2.24) is 14.8 Å². The Morgan fingerprint density at radius 1 is 1.10 bits per heavy atom. The van der Waals surface area contributed by atoms with Gasteiger partial charge in [-0.05, 0) is 45.9 Å².